The average Bonchev–Trinajstić information content (AvgIpc) is 2.08. The Labute approximate surface area is 82.9 Å². The highest BCUT2D eigenvalue weighted by Crippen LogP contribution is 2.18. The van der Waals surface area contributed by atoms with Crippen LogP contribution in [0, 0.1) is 6.92 Å². The van der Waals surface area contributed by atoms with Gasteiger partial charge in [-0.15, -0.1) is 0 Å². The molecule has 0 spiro atoms. The van der Waals surface area contributed by atoms with Crippen LogP contribution in [0.1, 0.15) is 18.1 Å². The molecule has 1 aromatic rings. The number of halogens is 2. The van der Waals surface area contributed by atoms with Crippen LogP contribution in [-0.2, 0) is 6.42 Å². The SMILES string of the molecule is Cc1ccc(CC(C)(N)C(F)F)cc1. The van der Waals surface area contributed by atoms with E-state index in [2.05, 4.69) is 0 Å². The lowest BCUT2D eigenvalue weighted by Gasteiger charge is -2.23. The lowest BCUT2D eigenvalue weighted by atomic mass is 9.94. The van der Waals surface area contributed by atoms with Crippen LogP contribution in [-0.4, -0.2) is 12.0 Å². The molecule has 3 heteroatoms. The minimum atomic E-state index is -2.50. The second-order valence-electron chi connectivity index (χ2n) is 3.97. The molecular formula is C11H15F2N. The fraction of sp³-hybridized carbons (Fsp3) is 0.455. The first-order valence-electron chi connectivity index (χ1n) is 4.54. The van der Waals surface area contributed by atoms with Gasteiger partial charge in [0.25, 0.3) is 6.43 Å². The van der Waals surface area contributed by atoms with Gasteiger partial charge in [-0.1, -0.05) is 29.8 Å². The fourth-order valence-electron chi connectivity index (χ4n) is 1.22. The smallest absolute Gasteiger partial charge is 0.256 e. The molecule has 0 aromatic heterocycles. The fourth-order valence-corrected chi connectivity index (χ4v) is 1.22. The molecule has 14 heavy (non-hydrogen) atoms. The van der Waals surface area contributed by atoms with Crippen LogP contribution in [0.2, 0.25) is 0 Å². The molecule has 2 N–H and O–H groups in total. The molecule has 0 heterocycles. The molecule has 0 radical (unpaired) electrons. The van der Waals surface area contributed by atoms with E-state index in [0.29, 0.717) is 0 Å². The van der Waals surface area contributed by atoms with Gasteiger partial charge in [0.1, 0.15) is 0 Å². The van der Waals surface area contributed by atoms with Crippen molar-refractivity contribution < 1.29 is 8.78 Å². The molecule has 0 fully saturated rings. The lowest BCUT2D eigenvalue weighted by Crippen LogP contribution is -2.45. The summed E-state index contributed by atoms with van der Waals surface area (Å²) in [5.74, 6) is 0. The third-order valence-electron chi connectivity index (χ3n) is 2.20. The van der Waals surface area contributed by atoms with Crippen molar-refractivity contribution in [3.05, 3.63) is 35.4 Å². The molecule has 0 aliphatic rings. The van der Waals surface area contributed by atoms with Crippen molar-refractivity contribution in [3.8, 4) is 0 Å². The van der Waals surface area contributed by atoms with Crippen LogP contribution >= 0.6 is 0 Å². The van der Waals surface area contributed by atoms with Gasteiger partial charge in [0.2, 0.25) is 0 Å². The first kappa shape index (κ1) is 11.1. The maximum atomic E-state index is 12.5. The summed E-state index contributed by atoms with van der Waals surface area (Å²) in [6, 6.07) is 7.47. The van der Waals surface area contributed by atoms with Crippen LogP contribution in [0.25, 0.3) is 0 Å². The molecule has 78 valence electrons. The van der Waals surface area contributed by atoms with E-state index in [0.717, 1.165) is 11.1 Å². The Bertz CT molecular complexity index is 291. The van der Waals surface area contributed by atoms with Crippen LogP contribution in [0.4, 0.5) is 8.78 Å². The molecule has 0 saturated carbocycles. The minimum absolute atomic E-state index is 0.199. The van der Waals surface area contributed by atoms with Gasteiger partial charge in [-0.2, -0.15) is 0 Å². The Morgan fingerprint density at radius 3 is 2.21 bits per heavy atom. The van der Waals surface area contributed by atoms with E-state index in [-0.39, 0.29) is 6.42 Å². The zero-order valence-electron chi connectivity index (χ0n) is 8.43. The highest BCUT2D eigenvalue weighted by Gasteiger charge is 2.30. The number of benzene rings is 1. The van der Waals surface area contributed by atoms with Crippen LogP contribution < -0.4 is 5.73 Å². The third-order valence-corrected chi connectivity index (χ3v) is 2.20. The van der Waals surface area contributed by atoms with Gasteiger partial charge in [0.05, 0.1) is 5.54 Å². The Morgan fingerprint density at radius 2 is 1.79 bits per heavy atom. The Morgan fingerprint density at radius 1 is 1.29 bits per heavy atom. The largest absolute Gasteiger partial charge is 0.320 e. The Hall–Kier alpha value is -0.960. The lowest BCUT2D eigenvalue weighted by molar-refractivity contribution is 0.0639. The van der Waals surface area contributed by atoms with Crippen molar-refractivity contribution in [2.24, 2.45) is 5.73 Å². The molecular weight excluding hydrogens is 184 g/mol. The number of alkyl halides is 2. The van der Waals surface area contributed by atoms with E-state index in [1.54, 1.807) is 0 Å². The monoisotopic (exact) mass is 199 g/mol. The van der Waals surface area contributed by atoms with Crippen molar-refractivity contribution in [3.63, 3.8) is 0 Å². The molecule has 0 saturated heterocycles. The molecule has 1 unspecified atom stereocenters. The summed E-state index contributed by atoms with van der Waals surface area (Å²) in [5.41, 5.74) is 6.01. The summed E-state index contributed by atoms with van der Waals surface area (Å²) in [6.45, 7) is 3.33. The summed E-state index contributed by atoms with van der Waals surface area (Å²) in [4.78, 5) is 0. The standard InChI is InChI=1S/C11H15F2N/c1-8-3-5-9(6-4-8)7-11(2,14)10(12)13/h3-6,10H,7,14H2,1-2H3. The highest BCUT2D eigenvalue weighted by molar-refractivity contribution is 5.23. The Kier molecular flexibility index (Phi) is 3.21. The first-order chi connectivity index (χ1) is 6.42. The van der Waals surface area contributed by atoms with Gasteiger partial charge >= 0.3 is 0 Å². The zero-order valence-corrected chi connectivity index (χ0v) is 8.43. The molecule has 0 aliphatic carbocycles. The van der Waals surface area contributed by atoms with Crippen molar-refractivity contribution in [1.29, 1.82) is 0 Å². The average molecular weight is 199 g/mol. The molecule has 0 bridgehead atoms. The Balaban J connectivity index is 2.74. The van der Waals surface area contributed by atoms with Crippen molar-refractivity contribution in [1.82, 2.24) is 0 Å². The van der Waals surface area contributed by atoms with Crippen LogP contribution in [0.5, 0.6) is 0 Å². The van der Waals surface area contributed by atoms with Crippen LogP contribution in [0.3, 0.4) is 0 Å². The number of hydrogen-bond donors (Lipinski definition) is 1. The minimum Gasteiger partial charge on any atom is -0.320 e. The van der Waals surface area contributed by atoms with Gasteiger partial charge in [-0.05, 0) is 25.8 Å². The van der Waals surface area contributed by atoms with Crippen molar-refractivity contribution in [2.45, 2.75) is 32.2 Å². The van der Waals surface area contributed by atoms with Crippen molar-refractivity contribution >= 4 is 0 Å². The second kappa shape index (κ2) is 4.05. The third kappa shape index (κ3) is 2.77. The molecule has 0 amide bonds. The highest BCUT2D eigenvalue weighted by atomic mass is 19.3. The van der Waals surface area contributed by atoms with E-state index in [9.17, 15) is 8.78 Å². The summed E-state index contributed by atoms with van der Waals surface area (Å²) >= 11 is 0. The normalized spacial score (nSPS) is 15.6. The topological polar surface area (TPSA) is 26.0 Å². The summed E-state index contributed by atoms with van der Waals surface area (Å²) in [5, 5.41) is 0. The maximum absolute atomic E-state index is 12.5. The van der Waals surface area contributed by atoms with Gasteiger partial charge in [0, 0.05) is 0 Å². The summed E-state index contributed by atoms with van der Waals surface area (Å²) in [7, 11) is 0. The van der Waals surface area contributed by atoms with Gasteiger partial charge < -0.3 is 5.73 Å². The van der Waals surface area contributed by atoms with Gasteiger partial charge in [-0.25, -0.2) is 8.78 Å². The first-order valence-corrected chi connectivity index (χ1v) is 4.54. The molecule has 0 aliphatic heterocycles. The predicted octanol–water partition coefficient (Wildman–Crippen LogP) is 2.52. The number of aryl methyl sites for hydroxylation is 1. The van der Waals surface area contributed by atoms with Gasteiger partial charge in [0.15, 0.2) is 0 Å². The number of nitrogens with two attached hydrogens (primary N) is 1. The van der Waals surface area contributed by atoms with E-state index in [4.69, 9.17) is 5.73 Å². The van der Waals surface area contributed by atoms with E-state index in [1.165, 1.54) is 6.92 Å². The zero-order chi connectivity index (χ0) is 10.8. The molecule has 1 atom stereocenters. The predicted molar refractivity (Wildman–Crippen MR) is 53.5 cm³/mol. The van der Waals surface area contributed by atoms with E-state index in [1.807, 2.05) is 31.2 Å². The molecule has 1 rings (SSSR count). The molecule has 1 aromatic carbocycles. The van der Waals surface area contributed by atoms with E-state index < -0.39 is 12.0 Å². The number of rotatable bonds is 3. The summed E-state index contributed by atoms with van der Waals surface area (Å²) < 4.78 is 24.9. The van der Waals surface area contributed by atoms with Gasteiger partial charge in [-0.3, -0.25) is 0 Å². The maximum Gasteiger partial charge on any atom is 0.256 e. The van der Waals surface area contributed by atoms with E-state index >= 15 is 0 Å². The van der Waals surface area contributed by atoms with Crippen LogP contribution in [0.15, 0.2) is 24.3 Å². The molecule has 1 nitrogen and oxygen atoms in total. The second-order valence-corrected chi connectivity index (χ2v) is 3.97. The van der Waals surface area contributed by atoms with Crippen molar-refractivity contribution in [2.75, 3.05) is 0 Å². The quantitative estimate of drug-likeness (QED) is 0.795. The summed E-state index contributed by atoms with van der Waals surface area (Å²) in [6.07, 6.45) is -2.30. The number of hydrogen-bond acceptors (Lipinski definition) is 1.